The first kappa shape index (κ1) is 22.4. The number of hydrogen-bond acceptors (Lipinski definition) is 5. The molecule has 0 radical (unpaired) electrons. The number of amides is 1. The molecule has 1 aliphatic rings. The van der Waals surface area contributed by atoms with Crippen LogP contribution < -0.4 is 9.47 Å². The lowest BCUT2D eigenvalue weighted by Crippen LogP contribution is -2.53. The molecule has 1 amide bonds. The van der Waals surface area contributed by atoms with Gasteiger partial charge in [0.15, 0.2) is 6.10 Å². The molecule has 1 fully saturated rings. The van der Waals surface area contributed by atoms with Crippen LogP contribution in [0.25, 0.3) is 0 Å². The van der Waals surface area contributed by atoms with Crippen molar-refractivity contribution in [2.24, 2.45) is 0 Å². The molecule has 2 aromatic rings. The fourth-order valence-corrected chi connectivity index (χ4v) is 4.75. The van der Waals surface area contributed by atoms with E-state index < -0.39 is 16.1 Å². The second-order valence-electron chi connectivity index (χ2n) is 6.85. The predicted molar refractivity (Wildman–Crippen MR) is 114 cm³/mol. The number of benzene rings is 2. The molecule has 1 aliphatic heterocycles. The summed E-state index contributed by atoms with van der Waals surface area (Å²) in [6, 6.07) is 13.2. The van der Waals surface area contributed by atoms with Crippen molar-refractivity contribution in [2.45, 2.75) is 24.8 Å². The summed E-state index contributed by atoms with van der Waals surface area (Å²) in [6.45, 7) is 5.14. The average Bonchev–Trinajstić information content (AvgIpc) is 2.75. The SMILES string of the molecule is CCOc1ccc(S(=O)(=O)N2CCN(C(=O)[C@@H](C)Oc3ccc(Cl)cc3)CC2)cc1. The Labute approximate surface area is 182 Å². The van der Waals surface area contributed by atoms with E-state index >= 15 is 0 Å². The van der Waals surface area contributed by atoms with E-state index in [9.17, 15) is 13.2 Å². The molecule has 0 spiro atoms. The van der Waals surface area contributed by atoms with Gasteiger partial charge in [0.1, 0.15) is 11.5 Å². The summed E-state index contributed by atoms with van der Waals surface area (Å²) < 4.78 is 38.2. The van der Waals surface area contributed by atoms with E-state index in [4.69, 9.17) is 21.1 Å². The van der Waals surface area contributed by atoms with Crippen molar-refractivity contribution in [3.05, 3.63) is 53.6 Å². The van der Waals surface area contributed by atoms with E-state index in [0.717, 1.165) is 0 Å². The Balaban J connectivity index is 1.57. The summed E-state index contributed by atoms with van der Waals surface area (Å²) in [5, 5.41) is 0.589. The number of rotatable bonds is 7. The number of carbonyl (C=O) groups is 1. The van der Waals surface area contributed by atoms with Gasteiger partial charge >= 0.3 is 0 Å². The van der Waals surface area contributed by atoms with Crippen LogP contribution in [0, 0.1) is 0 Å². The molecule has 1 saturated heterocycles. The summed E-state index contributed by atoms with van der Waals surface area (Å²) in [4.78, 5) is 14.5. The number of ether oxygens (including phenoxy) is 2. The van der Waals surface area contributed by atoms with E-state index in [1.165, 1.54) is 4.31 Å². The van der Waals surface area contributed by atoms with Crippen LogP contribution >= 0.6 is 11.6 Å². The number of halogens is 1. The van der Waals surface area contributed by atoms with Crippen LogP contribution in [0.15, 0.2) is 53.4 Å². The third kappa shape index (κ3) is 5.24. The Morgan fingerprint density at radius 3 is 2.13 bits per heavy atom. The van der Waals surface area contributed by atoms with Crippen LogP contribution in [-0.4, -0.2) is 62.4 Å². The van der Waals surface area contributed by atoms with Crippen LogP contribution in [0.3, 0.4) is 0 Å². The predicted octanol–water partition coefficient (Wildman–Crippen LogP) is 3.04. The van der Waals surface area contributed by atoms with Crippen LogP contribution in [0.1, 0.15) is 13.8 Å². The molecule has 7 nitrogen and oxygen atoms in total. The minimum absolute atomic E-state index is 0.178. The lowest BCUT2D eigenvalue weighted by Gasteiger charge is -2.35. The van der Waals surface area contributed by atoms with Gasteiger partial charge in [-0.05, 0) is 62.4 Å². The zero-order chi connectivity index (χ0) is 21.7. The third-order valence-corrected chi connectivity index (χ3v) is 6.96. The fourth-order valence-electron chi connectivity index (χ4n) is 3.20. The minimum atomic E-state index is -3.62. The van der Waals surface area contributed by atoms with Crippen molar-refractivity contribution in [3.63, 3.8) is 0 Å². The van der Waals surface area contributed by atoms with Crippen molar-refractivity contribution >= 4 is 27.5 Å². The highest BCUT2D eigenvalue weighted by Gasteiger charge is 2.32. The summed E-state index contributed by atoms with van der Waals surface area (Å²) >= 11 is 5.86. The monoisotopic (exact) mass is 452 g/mol. The van der Waals surface area contributed by atoms with E-state index in [2.05, 4.69) is 0 Å². The molecule has 0 aromatic heterocycles. The molecule has 162 valence electrons. The standard InChI is InChI=1S/C21H25ClN2O5S/c1-3-28-18-8-10-20(11-9-18)30(26,27)24-14-12-23(13-15-24)21(25)16(2)29-19-6-4-17(22)5-7-19/h4-11,16H,3,12-15H2,1-2H3/t16-/m1/s1. The molecule has 0 aliphatic carbocycles. The van der Waals surface area contributed by atoms with Gasteiger partial charge in [-0.3, -0.25) is 4.79 Å². The minimum Gasteiger partial charge on any atom is -0.494 e. The lowest BCUT2D eigenvalue weighted by molar-refractivity contribution is -0.139. The Morgan fingerprint density at radius 1 is 1.00 bits per heavy atom. The van der Waals surface area contributed by atoms with Crippen molar-refractivity contribution in [2.75, 3.05) is 32.8 Å². The van der Waals surface area contributed by atoms with Crippen molar-refractivity contribution < 1.29 is 22.7 Å². The molecule has 30 heavy (non-hydrogen) atoms. The molecule has 2 aromatic carbocycles. The Hall–Kier alpha value is -2.29. The highest BCUT2D eigenvalue weighted by molar-refractivity contribution is 7.89. The summed E-state index contributed by atoms with van der Waals surface area (Å²) in [5.74, 6) is 1.00. The van der Waals surface area contributed by atoms with E-state index in [1.54, 1.807) is 60.4 Å². The number of nitrogens with zero attached hydrogens (tertiary/aromatic N) is 2. The number of sulfonamides is 1. The van der Waals surface area contributed by atoms with Crippen LogP contribution in [-0.2, 0) is 14.8 Å². The lowest BCUT2D eigenvalue weighted by atomic mass is 10.2. The molecule has 0 unspecified atom stereocenters. The molecule has 9 heteroatoms. The average molecular weight is 453 g/mol. The zero-order valence-electron chi connectivity index (χ0n) is 17.0. The molecule has 3 rings (SSSR count). The van der Waals surface area contributed by atoms with Gasteiger partial charge in [0.2, 0.25) is 10.0 Å². The zero-order valence-corrected chi connectivity index (χ0v) is 18.5. The summed E-state index contributed by atoms with van der Waals surface area (Å²) in [6.07, 6.45) is -0.680. The first-order valence-electron chi connectivity index (χ1n) is 9.75. The van der Waals surface area contributed by atoms with Crippen LogP contribution in [0.5, 0.6) is 11.5 Å². The van der Waals surface area contributed by atoms with Gasteiger partial charge in [0.25, 0.3) is 5.91 Å². The van der Waals surface area contributed by atoms with E-state index in [-0.39, 0.29) is 23.9 Å². The molecular weight excluding hydrogens is 428 g/mol. The maximum absolute atomic E-state index is 12.9. The second-order valence-corrected chi connectivity index (χ2v) is 9.22. The van der Waals surface area contributed by atoms with Crippen molar-refractivity contribution in [1.29, 1.82) is 0 Å². The van der Waals surface area contributed by atoms with Gasteiger partial charge < -0.3 is 14.4 Å². The topological polar surface area (TPSA) is 76.2 Å². The summed E-state index contributed by atoms with van der Waals surface area (Å²) in [7, 11) is -3.62. The normalized spacial score (nSPS) is 16.2. The quantitative estimate of drug-likeness (QED) is 0.645. The smallest absolute Gasteiger partial charge is 0.263 e. The Morgan fingerprint density at radius 2 is 1.57 bits per heavy atom. The summed E-state index contributed by atoms with van der Waals surface area (Å²) in [5.41, 5.74) is 0. The van der Waals surface area contributed by atoms with E-state index in [1.807, 2.05) is 6.92 Å². The largest absolute Gasteiger partial charge is 0.494 e. The molecule has 0 saturated carbocycles. The molecule has 1 atom stereocenters. The number of carbonyl (C=O) groups excluding carboxylic acids is 1. The van der Waals surface area contributed by atoms with Crippen molar-refractivity contribution in [3.8, 4) is 11.5 Å². The van der Waals surface area contributed by atoms with Gasteiger partial charge in [0, 0.05) is 31.2 Å². The maximum Gasteiger partial charge on any atom is 0.263 e. The van der Waals surface area contributed by atoms with Crippen LogP contribution in [0.2, 0.25) is 5.02 Å². The van der Waals surface area contributed by atoms with Gasteiger partial charge in [-0.2, -0.15) is 4.31 Å². The fraction of sp³-hybridized carbons (Fsp3) is 0.381. The van der Waals surface area contributed by atoms with Gasteiger partial charge in [0.05, 0.1) is 11.5 Å². The first-order chi connectivity index (χ1) is 14.3. The number of piperazine rings is 1. The molecule has 0 bridgehead atoms. The Bertz CT molecular complexity index is 956. The molecule has 0 N–H and O–H groups in total. The van der Waals surface area contributed by atoms with Gasteiger partial charge in [-0.25, -0.2) is 8.42 Å². The van der Waals surface area contributed by atoms with Crippen molar-refractivity contribution in [1.82, 2.24) is 9.21 Å². The first-order valence-corrected chi connectivity index (χ1v) is 11.6. The van der Waals surface area contributed by atoms with Crippen LogP contribution in [0.4, 0.5) is 0 Å². The maximum atomic E-state index is 12.9. The highest BCUT2D eigenvalue weighted by Crippen LogP contribution is 2.22. The van der Waals surface area contributed by atoms with Gasteiger partial charge in [-0.1, -0.05) is 11.6 Å². The molecule has 1 heterocycles. The third-order valence-electron chi connectivity index (χ3n) is 4.80. The molecular formula is C21H25ClN2O5S. The Kier molecular flexibility index (Phi) is 7.23. The number of hydrogen-bond donors (Lipinski definition) is 0. The highest BCUT2D eigenvalue weighted by atomic mass is 35.5. The second kappa shape index (κ2) is 9.68. The van der Waals surface area contributed by atoms with E-state index in [0.29, 0.717) is 36.2 Å². The van der Waals surface area contributed by atoms with Gasteiger partial charge in [-0.15, -0.1) is 0 Å².